The highest BCUT2D eigenvalue weighted by atomic mass is 32.1. The summed E-state index contributed by atoms with van der Waals surface area (Å²) in [7, 11) is 1.82. The Morgan fingerprint density at radius 3 is 2.66 bits per heavy atom. The summed E-state index contributed by atoms with van der Waals surface area (Å²) in [5.41, 5.74) is 3.38. The van der Waals surface area contributed by atoms with E-state index >= 15 is 0 Å². The topological polar surface area (TPSA) is 83.9 Å². The van der Waals surface area contributed by atoms with Crippen LogP contribution in [0, 0.1) is 0 Å². The summed E-state index contributed by atoms with van der Waals surface area (Å²) in [6.45, 7) is 0.462. The first-order chi connectivity index (χ1) is 17.1. The molecule has 0 fully saturated rings. The van der Waals surface area contributed by atoms with E-state index in [4.69, 9.17) is 5.10 Å². The maximum absolute atomic E-state index is 12.9. The van der Waals surface area contributed by atoms with E-state index in [1.165, 1.54) is 0 Å². The Kier molecular flexibility index (Phi) is 6.54. The molecule has 0 saturated heterocycles. The molecule has 35 heavy (non-hydrogen) atoms. The fourth-order valence-corrected chi connectivity index (χ4v) is 4.80. The lowest BCUT2D eigenvalue weighted by molar-refractivity contribution is -0.130. The first-order valence-corrected chi connectivity index (χ1v) is 12.4. The first kappa shape index (κ1) is 22.7. The lowest BCUT2D eigenvalue weighted by Crippen LogP contribution is -2.26. The lowest BCUT2D eigenvalue weighted by atomic mass is 10.1. The number of fused-ring (bicyclic) bond motifs is 1. The van der Waals surface area contributed by atoms with E-state index < -0.39 is 0 Å². The Balaban J connectivity index is 1.26. The molecule has 0 atom stereocenters. The molecule has 1 amide bonds. The number of amides is 1. The van der Waals surface area contributed by atoms with Gasteiger partial charge in [-0.25, -0.2) is 9.67 Å². The van der Waals surface area contributed by atoms with Crippen molar-refractivity contribution >= 4 is 28.1 Å². The molecule has 1 N–H and O–H groups in total. The average Bonchev–Trinajstić information content (AvgIpc) is 3.55. The number of carbonyl (C=O) groups is 1. The third-order valence-corrected chi connectivity index (χ3v) is 6.74. The van der Waals surface area contributed by atoms with Crippen molar-refractivity contribution in [1.82, 2.24) is 24.6 Å². The van der Waals surface area contributed by atoms with E-state index in [-0.39, 0.29) is 11.5 Å². The number of aryl methyl sites for hydroxylation is 1. The van der Waals surface area contributed by atoms with Gasteiger partial charge in [-0.2, -0.15) is 5.10 Å². The fourth-order valence-electron chi connectivity index (χ4n) is 4.05. The SMILES string of the molecule is CN(Cc1cn(-c2ccccc2)nc1-c1cccs1)C(=O)CCCc1nc2ccccc2c(=O)[nH]1. The van der Waals surface area contributed by atoms with Crippen LogP contribution in [0.4, 0.5) is 0 Å². The first-order valence-electron chi connectivity index (χ1n) is 11.5. The van der Waals surface area contributed by atoms with Crippen LogP contribution in [0.1, 0.15) is 24.2 Å². The van der Waals surface area contributed by atoms with Gasteiger partial charge in [-0.1, -0.05) is 36.4 Å². The zero-order valence-corrected chi connectivity index (χ0v) is 20.2. The van der Waals surface area contributed by atoms with Crippen LogP contribution in [0.15, 0.2) is 83.1 Å². The number of nitrogens with one attached hydrogen (secondary N) is 1. The van der Waals surface area contributed by atoms with Gasteiger partial charge >= 0.3 is 0 Å². The van der Waals surface area contributed by atoms with Crippen LogP contribution < -0.4 is 5.56 Å². The number of hydrogen-bond acceptors (Lipinski definition) is 5. The molecule has 0 aliphatic heterocycles. The van der Waals surface area contributed by atoms with E-state index in [1.54, 1.807) is 22.3 Å². The van der Waals surface area contributed by atoms with E-state index in [1.807, 2.05) is 84.0 Å². The van der Waals surface area contributed by atoms with Crippen LogP contribution in [0.2, 0.25) is 0 Å². The molecule has 0 saturated carbocycles. The second kappa shape index (κ2) is 10.1. The van der Waals surface area contributed by atoms with Gasteiger partial charge in [0.15, 0.2) is 0 Å². The minimum atomic E-state index is -0.148. The van der Waals surface area contributed by atoms with Crippen molar-refractivity contribution in [2.45, 2.75) is 25.8 Å². The zero-order valence-electron chi connectivity index (χ0n) is 19.3. The van der Waals surface area contributed by atoms with Gasteiger partial charge in [0.1, 0.15) is 11.5 Å². The van der Waals surface area contributed by atoms with Crippen molar-refractivity contribution in [2.75, 3.05) is 7.05 Å². The molecule has 176 valence electrons. The Bertz CT molecular complexity index is 1510. The molecule has 0 bridgehead atoms. The standard InChI is InChI=1S/C27H25N5O2S/c1-31(25(33)15-7-14-24-28-22-12-6-5-11-21(22)27(34)29-24)17-19-18-32(20-9-3-2-4-10-20)30-26(19)23-13-8-16-35-23/h2-6,8-13,16,18H,7,14-15,17H2,1H3,(H,28,29,34). The zero-order chi connectivity index (χ0) is 24.2. The molecule has 5 rings (SSSR count). The Morgan fingerprint density at radius 1 is 1.06 bits per heavy atom. The van der Waals surface area contributed by atoms with E-state index in [2.05, 4.69) is 9.97 Å². The number of aromatic amines is 1. The average molecular weight is 484 g/mol. The van der Waals surface area contributed by atoms with Gasteiger partial charge in [0.05, 0.1) is 21.5 Å². The molecule has 0 radical (unpaired) electrons. The maximum Gasteiger partial charge on any atom is 0.258 e. The second-order valence-corrected chi connectivity index (χ2v) is 9.34. The van der Waals surface area contributed by atoms with Crippen LogP contribution in [0.3, 0.4) is 0 Å². The van der Waals surface area contributed by atoms with Crippen molar-refractivity contribution < 1.29 is 4.79 Å². The van der Waals surface area contributed by atoms with Crippen LogP contribution in [-0.2, 0) is 17.8 Å². The predicted octanol–water partition coefficient (Wildman–Crippen LogP) is 4.82. The highest BCUT2D eigenvalue weighted by Gasteiger charge is 2.17. The highest BCUT2D eigenvalue weighted by Crippen LogP contribution is 2.28. The molecule has 3 heterocycles. The summed E-state index contributed by atoms with van der Waals surface area (Å²) < 4.78 is 1.87. The summed E-state index contributed by atoms with van der Waals surface area (Å²) in [5, 5.41) is 7.42. The summed E-state index contributed by atoms with van der Waals surface area (Å²) in [6, 6.07) is 21.3. The van der Waals surface area contributed by atoms with Crippen molar-refractivity contribution in [1.29, 1.82) is 0 Å². The molecule has 8 heteroatoms. The number of aromatic nitrogens is 4. The third-order valence-electron chi connectivity index (χ3n) is 5.86. The minimum absolute atomic E-state index is 0.0396. The van der Waals surface area contributed by atoms with Crippen molar-refractivity contribution in [2.24, 2.45) is 0 Å². The van der Waals surface area contributed by atoms with E-state index in [9.17, 15) is 9.59 Å². The van der Waals surface area contributed by atoms with Gasteiger partial charge in [-0.3, -0.25) is 9.59 Å². The number of rotatable bonds is 8. The lowest BCUT2D eigenvalue weighted by Gasteiger charge is -2.17. The van der Waals surface area contributed by atoms with E-state index in [0.29, 0.717) is 42.5 Å². The van der Waals surface area contributed by atoms with Gasteiger partial charge in [0.25, 0.3) is 5.56 Å². The molecule has 0 aliphatic rings. The fraction of sp³-hybridized carbons (Fsp3) is 0.185. The van der Waals surface area contributed by atoms with Crippen molar-refractivity contribution in [3.8, 4) is 16.3 Å². The van der Waals surface area contributed by atoms with E-state index in [0.717, 1.165) is 21.8 Å². The van der Waals surface area contributed by atoms with Crippen LogP contribution in [0.5, 0.6) is 0 Å². The summed E-state index contributed by atoms with van der Waals surface area (Å²) in [5.74, 6) is 0.644. The molecule has 2 aromatic carbocycles. The van der Waals surface area contributed by atoms with Crippen LogP contribution >= 0.6 is 11.3 Å². The second-order valence-electron chi connectivity index (χ2n) is 8.39. The summed E-state index contributed by atoms with van der Waals surface area (Å²) >= 11 is 1.63. The highest BCUT2D eigenvalue weighted by molar-refractivity contribution is 7.13. The number of thiophene rings is 1. The Hall–Kier alpha value is -4.04. The molecule has 0 aliphatic carbocycles. The Labute approximate surface area is 206 Å². The quantitative estimate of drug-likeness (QED) is 0.343. The largest absolute Gasteiger partial charge is 0.341 e. The van der Waals surface area contributed by atoms with Crippen molar-refractivity contribution in [3.63, 3.8) is 0 Å². The van der Waals surface area contributed by atoms with Crippen LogP contribution in [-0.4, -0.2) is 37.6 Å². The summed E-state index contributed by atoms with van der Waals surface area (Å²) in [6.07, 6.45) is 3.50. The van der Waals surface area contributed by atoms with Gasteiger partial charge in [-0.05, 0) is 42.1 Å². The van der Waals surface area contributed by atoms with Gasteiger partial charge in [0, 0.05) is 38.2 Å². The third kappa shape index (κ3) is 5.07. The molecule has 0 spiro atoms. The predicted molar refractivity (Wildman–Crippen MR) is 139 cm³/mol. The molecular formula is C27H25N5O2S. The molecule has 7 nitrogen and oxygen atoms in total. The molecular weight excluding hydrogens is 458 g/mol. The number of benzene rings is 2. The molecule has 3 aromatic heterocycles. The molecule has 0 unspecified atom stereocenters. The number of hydrogen-bond donors (Lipinski definition) is 1. The van der Waals surface area contributed by atoms with Crippen LogP contribution in [0.25, 0.3) is 27.2 Å². The van der Waals surface area contributed by atoms with Gasteiger partial charge in [0.2, 0.25) is 5.91 Å². The molecule has 5 aromatic rings. The number of para-hydroxylation sites is 2. The summed E-state index contributed by atoms with van der Waals surface area (Å²) in [4.78, 5) is 35.3. The van der Waals surface area contributed by atoms with Gasteiger partial charge < -0.3 is 9.88 Å². The number of H-pyrrole nitrogens is 1. The number of carbonyl (C=O) groups excluding carboxylic acids is 1. The maximum atomic E-state index is 12.9. The monoisotopic (exact) mass is 483 g/mol. The Morgan fingerprint density at radius 2 is 1.86 bits per heavy atom. The smallest absolute Gasteiger partial charge is 0.258 e. The number of nitrogens with zero attached hydrogens (tertiary/aromatic N) is 4. The normalized spacial score (nSPS) is 11.1. The van der Waals surface area contributed by atoms with Gasteiger partial charge in [-0.15, -0.1) is 11.3 Å². The van der Waals surface area contributed by atoms with Crippen molar-refractivity contribution in [3.05, 3.63) is 100 Å². The minimum Gasteiger partial charge on any atom is -0.341 e.